The average Bonchev–Trinajstić information content (AvgIpc) is 3.44. The summed E-state index contributed by atoms with van der Waals surface area (Å²) < 4.78 is 50.0. The Morgan fingerprint density at radius 1 is 1.08 bits per heavy atom. The number of carboxylic acid groups (broad SMARTS) is 1. The molecule has 256 valence electrons. The zero-order valence-corrected chi connectivity index (χ0v) is 28.6. The fourth-order valence-corrected chi connectivity index (χ4v) is 6.78. The fraction of sp³-hybridized carbons (Fsp3) is 0.474. The third kappa shape index (κ3) is 7.05. The zero-order valence-electron chi connectivity index (χ0n) is 28.6. The molecule has 1 saturated heterocycles. The number of aliphatic carboxylic acids is 1. The van der Waals surface area contributed by atoms with Gasteiger partial charge in [-0.1, -0.05) is 18.2 Å². The Morgan fingerprint density at radius 2 is 1.79 bits per heavy atom. The summed E-state index contributed by atoms with van der Waals surface area (Å²) in [5.74, 6) is -1.97. The second-order valence-electron chi connectivity index (χ2n) is 14.4. The molecule has 3 aliphatic heterocycles. The molecular formula is C38H45F2N3O5. The molecule has 0 spiro atoms. The lowest BCUT2D eigenvalue weighted by Crippen LogP contribution is -2.45. The van der Waals surface area contributed by atoms with Crippen LogP contribution >= 0.6 is 0 Å². The van der Waals surface area contributed by atoms with Gasteiger partial charge >= 0.3 is 5.97 Å². The number of halogens is 2. The molecule has 0 amide bonds. The van der Waals surface area contributed by atoms with Gasteiger partial charge in [-0.3, -0.25) is 4.40 Å². The molecule has 1 N–H and O–H groups in total. The lowest BCUT2D eigenvalue weighted by molar-refractivity contribution is -0.160. The first kappa shape index (κ1) is 33.9. The highest BCUT2D eigenvalue weighted by atomic mass is 19.2. The summed E-state index contributed by atoms with van der Waals surface area (Å²) in [4.78, 5) is 20.0. The topological polar surface area (TPSA) is 85.5 Å². The molecule has 0 radical (unpaired) electrons. The van der Waals surface area contributed by atoms with E-state index in [1.807, 2.05) is 75.5 Å². The number of aromatic nitrogens is 2. The van der Waals surface area contributed by atoms with E-state index < -0.39 is 29.3 Å². The molecular weight excluding hydrogens is 616 g/mol. The Balaban J connectivity index is 1.54. The van der Waals surface area contributed by atoms with Crippen LogP contribution in [0.5, 0.6) is 5.75 Å². The number of aryl methyl sites for hydroxylation is 1. The molecule has 8 nitrogen and oxygen atoms in total. The first-order valence-corrected chi connectivity index (χ1v) is 16.8. The highest BCUT2D eigenvalue weighted by Crippen LogP contribution is 2.40. The number of benzene rings is 2. The van der Waals surface area contributed by atoms with Gasteiger partial charge in [0, 0.05) is 48.6 Å². The lowest BCUT2D eigenvalue weighted by Gasteiger charge is -2.41. The predicted molar refractivity (Wildman–Crippen MR) is 182 cm³/mol. The number of pyridine rings is 1. The molecule has 7 rings (SSSR count). The Hall–Kier alpha value is -4.02. The van der Waals surface area contributed by atoms with E-state index in [0.717, 1.165) is 55.1 Å². The lowest BCUT2D eigenvalue weighted by atomic mass is 9.92. The van der Waals surface area contributed by atoms with Gasteiger partial charge in [0.1, 0.15) is 17.2 Å². The number of hydrogen-bond acceptors (Lipinski definition) is 6. The number of anilines is 1. The van der Waals surface area contributed by atoms with Crippen molar-refractivity contribution in [3.05, 3.63) is 71.4 Å². The minimum atomic E-state index is -1.21. The summed E-state index contributed by atoms with van der Waals surface area (Å²) in [6.07, 6.45) is 4.45. The van der Waals surface area contributed by atoms with Crippen LogP contribution in [0.3, 0.4) is 0 Å². The van der Waals surface area contributed by atoms with E-state index in [2.05, 4.69) is 11.8 Å². The number of hydrogen-bond donors (Lipinski definition) is 1. The molecule has 0 unspecified atom stereocenters. The maximum atomic E-state index is 14.6. The van der Waals surface area contributed by atoms with Gasteiger partial charge < -0.3 is 24.2 Å². The molecule has 1 fully saturated rings. The van der Waals surface area contributed by atoms with Crippen LogP contribution in [-0.4, -0.2) is 57.5 Å². The number of carbonyl (C=O) groups is 1. The van der Waals surface area contributed by atoms with E-state index >= 15 is 0 Å². The van der Waals surface area contributed by atoms with Gasteiger partial charge in [0.05, 0.1) is 23.0 Å². The van der Waals surface area contributed by atoms with E-state index in [-0.39, 0.29) is 17.5 Å². The van der Waals surface area contributed by atoms with E-state index in [1.54, 1.807) is 0 Å². The van der Waals surface area contributed by atoms with E-state index in [0.29, 0.717) is 47.7 Å². The third-order valence-corrected chi connectivity index (χ3v) is 9.33. The normalized spacial score (nSPS) is 21.2. The van der Waals surface area contributed by atoms with Crippen LogP contribution in [0.15, 0.2) is 48.7 Å². The minimum Gasteiger partial charge on any atom is -0.490 e. The average molecular weight is 662 g/mol. The van der Waals surface area contributed by atoms with E-state index in [4.69, 9.17) is 19.2 Å². The predicted octanol–water partition coefficient (Wildman–Crippen LogP) is 8.52. The van der Waals surface area contributed by atoms with Crippen molar-refractivity contribution in [2.45, 2.75) is 97.1 Å². The fourth-order valence-electron chi connectivity index (χ4n) is 6.78. The molecule has 2 atom stereocenters. The largest absolute Gasteiger partial charge is 0.490 e. The van der Waals surface area contributed by atoms with Gasteiger partial charge in [-0.15, -0.1) is 0 Å². The molecule has 2 aromatic heterocycles. The van der Waals surface area contributed by atoms with Gasteiger partial charge in [-0.2, -0.15) is 0 Å². The first-order chi connectivity index (χ1) is 22.7. The van der Waals surface area contributed by atoms with Crippen LogP contribution in [0.2, 0.25) is 0 Å². The molecule has 2 aromatic carbocycles. The molecule has 0 aliphatic carbocycles. The Labute approximate surface area is 280 Å². The van der Waals surface area contributed by atoms with Crippen molar-refractivity contribution in [2.24, 2.45) is 0 Å². The maximum absolute atomic E-state index is 14.6. The molecule has 0 saturated carbocycles. The van der Waals surface area contributed by atoms with Crippen LogP contribution < -0.4 is 9.64 Å². The summed E-state index contributed by atoms with van der Waals surface area (Å²) in [6.45, 7) is 13.5. The third-order valence-electron chi connectivity index (χ3n) is 9.33. The van der Waals surface area contributed by atoms with Crippen molar-refractivity contribution in [3.63, 3.8) is 0 Å². The first-order valence-electron chi connectivity index (χ1n) is 16.8. The van der Waals surface area contributed by atoms with Gasteiger partial charge in [0.25, 0.3) is 0 Å². The molecule has 5 heterocycles. The number of carboxylic acids is 1. The zero-order chi connectivity index (χ0) is 34.4. The highest BCUT2D eigenvalue weighted by Gasteiger charge is 2.37. The Kier molecular flexibility index (Phi) is 9.26. The smallest absolute Gasteiger partial charge is 0.337 e. The number of ether oxygens (including phenoxy) is 3. The van der Waals surface area contributed by atoms with Crippen molar-refractivity contribution in [3.8, 4) is 28.1 Å². The van der Waals surface area contributed by atoms with Crippen LogP contribution in [0.1, 0.15) is 84.0 Å². The van der Waals surface area contributed by atoms with Crippen molar-refractivity contribution in [1.82, 2.24) is 9.38 Å². The van der Waals surface area contributed by atoms with E-state index in [9.17, 15) is 18.7 Å². The molecule has 3 aliphatic rings. The minimum absolute atomic E-state index is 0.215. The summed E-state index contributed by atoms with van der Waals surface area (Å²) in [6, 6.07) is 11.7. The van der Waals surface area contributed by atoms with Crippen molar-refractivity contribution in [2.75, 3.05) is 24.6 Å². The van der Waals surface area contributed by atoms with E-state index in [1.165, 1.54) is 6.07 Å². The summed E-state index contributed by atoms with van der Waals surface area (Å²) in [5.41, 5.74) is 3.50. The second kappa shape index (κ2) is 13.1. The SMILES string of the molecule is Cc1cc2nc3cn2c(c1[C@H](OC(C)(C)C)C(=O)O)N1CCC(C)(CC1)OCCCC[C@@H](C)Oc1cc(F)c(F)cc1-c1cccc-3c1. The van der Waals surface area contributed by atoms with Gasteiger partial charge in [0.15, 0.2) is 17.7 Å². The number of piperidine rings is 1. The monoisotopic (exact) mass is 661 g/mol. The van der Waals surface area contributed by atoms with Gasteiger partial charge in [-0.25, -0.2) is 18.6 Å². The second-order valence-corrected chi connectivity index (χ2v) is 14.4. The molecule has 48 heavy (non-hydrogen) atoms. The summed E-state index contributed by atoms with van der Waals surface area (Å²) >= 11 is 0. The summed E-state index contributed by atoms with van der Waals surface area (Å²) in [7, 11) is 0. The van der Waals surface area contributed by atoms with Crippen molar-refractivity contribution in [1.29, 1.82) is 0 Å². The van der Waals surface area contributed by atoms with Crippen LogP contribution in [0.4, 0.5) is 14.6 Å². The number of nitrogens with zero attached hydrogens (tertiary/aromatic N) is 3. The van der Waals surface area contributed by atoms with Crippen LogP contribution in [0, 0.1) is 18.6 Å². The van der Waals surface area contributed by atoms with Gasteiger partial charge in [-0.05, 0) is 103 Å². The number of rotatable bonds is 3. The van der Waals surface area contributed by atoms with Gasteiger partial charge in [0.2, 0.25) is 0 Å². The van der Waals surface area contributed by atoms with Crippen LogP contribution in [0.25, 0.3) is 28.0 Å². The summed E-state index contributed by atoms with van der Waals surface area (Å²) in [5, 5.41) is 10.5. The van der Waals surface area contributed by atoms with Crippen molar-refractivity contribution < 1.29 is 32.9 Å². The quantitative estimate of drug-likeness (QED) is 0.236. The highest BCUT2D eigenvalue weighted by molar-refractivity contribution is 5.80. The number of imidazole rings is 1. The number of fused-ring (bicyclic) bond motifs is 8. The maximum Gasteiger partial charge on any atom is 0.337 e. The molecule has 10 heteroatoms. The Morgan fingerprint density at radius 3 is 2.50 bits per heavy atom. The Bertz CT molecular complexity index is 1820. The molecule has 4 aromatic rings. The standard InChI is InChI=1S/C38H45F2N3O5/c1-23-18-32-41-30-22-43(32)35(33(23)34(36(44)45)48-37(3,4)5)42-15-13-38(6,14-16-42)46-17-8-7-10-24(2)47-31-21-29(40)28(39)20-27(31)25-11-9-12-26(30)19-25/h9,11-12,18-22,24,34H,7-8,10,13-17H2,1-6H3,(H,44,45)/t24-,34+/m1/s1. The van der Waals surface area contributed by atoms with Crippen LogP contribution in [-0.2, 0) is 14.3 Å². The van der Waals surface area contributed by atoms with Crippen molar-refractivity contribution >= 4 is 17.4 Å². The molecule has 6 bridgehead atoms.